The van der Waals surface area contributed by atoms with E-state index in [1.54, 1.807) is 6.07 Å². The second-order valence-electron chi connectivity index (χ2n) is 5.63. The first-order valence-electron chi connectivity index (χ1n) is 7.37. The molecule has 2 rings (SSSR count). The maximum atomic E-state index is 13.1. The second kappa shape index (κ2) is 8.35. The van der Waals surface area contributed by atoms with Crippen molar-refractivity contribution in [1.82, 2.24) is 4.90 Å². The number of hydrogen-bond acceptors (Lipinski definition) is 2. The van der Waals surface area contributed by atoms with Gasteiger partial charge >= 0.3 is 0 Å². The van der Waals surface area contributed by atoms with Gasteiger partial charge < -0.3 is 10.6 Å². The zero-order valence-corrected chi connectivity index (χ0v) is 13.2. The maximum Gasteiger partial charge on any atom is 0.225 e. The summed E-state index contributed by atoms with van der Waals surface area (Å²) in [6.45, 7) is 3.32. The molecule has 1 amide bonds. The van der Waals surface area contributed by atoms with Gasteiger partial charge in [-0.05, 0) is 43.4 Å². The average molecular weight is 315 g/mol. The lowest BCUT2D eigenvalue weighted by Gasteiger charge is -2.26. The molecule has 0 spiro atoms. The SMILES string of the molecule is CC(CCc1cccc(F)c1)C(=O)N1CCCC1CN.Cl. The molecule has 0 saturated carbocycles. The van der Waals surface area contributed by atoms with Crippen molar-refractivity contribution in [3.63, 3.8) is 0 Å². The van der Waals surface area contributed by atoms with Gasteiger partial charge in [-0.1, -0.05) is 19.1 Å². The molecule has 2 atom stereocenters. The fraction of sp³-hybridized carbons (Fsp3) is 0.562. The Morgan fingerprint density at radius 3 is 2.95 bits per heavy atom. The van der Waals surface area contributed by atoms with Crippen LogP contribution in [0.5, 0.6) is 0 Å². The Morgan fingerprint density at radius 1 is 1.52 bits per heavy atom. The van der Waals surface area contributed by atoms with Crippen LogP contribution in [0.2, 0.25) is 0 Å². The number of amides is 1. The van der Waals surface area contributed by atoms with E-state index in [2.05, 4.69) is 0 Å². The van der Waals surface area contributed by atoms with Crippen LogP contribution < -0.4 is 5.73 Å². The number of aryl methyl sites for hydroxylation is 1. The maximum absolute atomic E-state index is 13.1. The molecule has 0 aliphatic carbocycles. The number of benzene rings is 1. The summed E-state index contributed by atoms with van der Waals surface area (Å²) in [7, 11) is 0. The summed E-state index contributed by atoms with van der Waals surface area (Å²) in [5.74, 6) is -0.0658. The highest BCUT2D eigenvalue weighted by Crippen LogP contribution is 2.21. The van der Waals surface area contributed by atoms with Crippen LogP contribution in [-0.2, 0) is 11.2 Å². The molecule has 0 aromatic heterocycles. The molecule has 0 radical (unpaired) electrons. The highest BCUT2D eigenvalue weighted by atomic mass is 35.5. The van der Waals surface area contributed by atoms with Crippen molar-refractivity contribution in [2.75, 3.05) is 13.1 Å². The molecule has 1 fully saturated rings. The van der Waals surface area contributed by atoms with E-state index in [-0.39, 0.29) is 36.1 Å². The summed E-state index contributed by atoms with van der Waals surface area (Å²) < 4.78 is 13.1. The molecule has 3 nitrogen and oxygen atoms in total. The van der Waals surface area contributed by atoms with E-state index in [4.69, 9.17) is 5.73 Å². The largest absolute Gasteiger partial charge is 0.338 e. The minimum absolute atomic E-state index is 0. The van der Waals surface area contributed by atoms with Crippen LogP contribution in [0.4, 0.5) is 4.39 Å². The molecule has 1 aliphatic rings. The van der Waals surface area contributed by atoms with Crippen molar-refractivity contribution in [3.05, 3.63) is 35.6 Å². The third kappa shape index (κ3) is 4.68. The van der Waals surface area contributed by atoms with Gasteiger partial charge in [0.15, 0.2) is 0 Å². The molecule has 1 heterocycles. The molecule has 2 N–H and O–H groups in total. The molecule has 1 aromatic carbocycles. The second-order valence-corrected chi connectivity index (χ2v) is 5.63. The Balaban J connectivity index is 0.00000220. The highest BCUT2D eigenvalue weighted by Gasteiger charge is 2.30. The standard InChI is InChI=1S/C16H23FN2O.ClH/c1-12(7-8-13-4-2-5-14(17)10-13)16(20)19-9-3-6-15(19)11-18;/h2,4-5,10,12,15H,3,6-9,11,18H2,1H3;1H. The highest BCUT2D eigenvalue weighted by molar-refractivity contribution is 5.85. The molecule has 0 bridgehead atoms. The first kappa shape index (κ1) is 17.9. The molecular weight excluding hydrogens is 291 g/mol. The topological polar surface area (TPSA) is 46.3 Å². The fourth-order valence-electron chi connectivity index (χ4n) is 2.85. The predicted molar refractivity (Wildman–Crippen MR) is 84.9 cm³/mol. The van der Waals surface area contributed by atoms with Crippen LogP contribution in [0.3, 0.4) is 0 Å². The van der Waals surface area contributed by atoms with E-state index in [0.717, 1.165) is 37.8 Å². The number of hydrogen-bond donors (Lipinski definition) is 1. The third-order valence-corrected chi connectivity index (χ3v) is 4.11. The summed E-state index contributed by atoms with van der Waals surface area (Å²) in [6, 6.07) is 6.80. The van der Waals surface area contributed by atoms with Crippen LogP contribution in [0.15, 0.2) is 24.3 Å². The lowest BCUT2D eigenvalue weighted by Crippen LogP contribution is -2.42. The molecule has 118 valence electrons. The van der Waals surface area contributed by atoms with Crippen LogP contribution >= 0.6 is 12.4 Å². The van der Waals surface area contributed by atoms with Crippen molar-refractivity contribution >= 4 is 18.3 Å². The normalized spacial score (nSPS) is 19.2. The molecular formula is C16H24ClFN2O. The quantitative estimate of drug-likeness (QED) is 0.908. The van der Waals surface area contributed by atoms with Crippen molar-refractivity contribution in [2.24, 2.45) is 11.7 Å². The van der Waals surface area contributed by atoms with E-state index in [1.807, 2.05) is 17.9 Å². The number of carbonyl (C=O) groups excluding carboxylic acids is 1. The van der Waals surface area contributed by atoms with Gasteiger partial charge in [-0.3, -0.25) is 4.79 Å². The summed E-state index contributed by atoms with van der Waals surface area (Å²) in [4.78, 5) is 14.3. The van der Waals surface area contributed by atoms with Crippen molar-refractivity contribution in [3.8, 4) is 0 Å². The van der Waals surface area contributed by atoms with E-state index in [9.17, 15) is 9.18 Å². The Morgan fingerprint density at radius 2 is 2.29 bits per heavy atom. The Hall–Kier alpha value is -1.13. The number of nitrogens with zero attached hydrogens (tertiary/aromatic N) is 1. The van der Waals surface area contributed by atoms with Gasteiger partial charge in [0.2, 0.25) is 5.91 Å². The average Bonchev–Trinajstić information content (AvgIpc) is 2.92. The van der Waals surface area contributed by atoms with Crippen LogP contribution in [0.25, 0.3) is 0 Å². The zero-order chi connectivity index (χ0) is 14.5. The first-order chi connectivity index (χ1) is 9.61. The lowest BCUT2D eigenvalue weighted by atomic mass is 9.99. The zero-order valence-electron chi connectivity index (χ0n) is 12.4. The molecule has 1 aromatic rings. The van der Waals surface area contributed by atoms with Gasteiger partial charge in [-0.2, -0.15) is 0 Å². The van der Waals surface area contributed by atoms with Crippen LogP contribution in [0.1, 0.15) is 31.7 Å². The molecule has 5 heteroatoms. The number of nitrogens with two attached hydrogens (primary N) is 1. The molecule has 21 heavy (non-hydrogen) atoms. The number of likely N-dealkylation sites (tertiary alicyclic amines) is 1. The third-order valence-electron chi connectivity index (χ3n) is 4.11. The van der Waals surface area contributed by atoms with Gasteiger partial charge in [0.25, 0.3) is 0 Å². The Kier molecular flexibility index (Phi) is 7.12. The summed E-state index contributed by atoms with van der Waals surface area (Å²) in [6.07, 6.45) is 3.53. The van der Waals surface area contributed by atoms with Gasteiger partial charge in [-0.15, -0.1) is 12.4 Å². The monoisotopic (exact) mass is 314 g/mol. The number of rotatable bonds is 5. The minimum atomic E-state index is -0.218. The number of halogens is 2. The van der Waals surface area contributed by atoms with E-state index < -0.39 is 0 Å². The summed E-state index contributed by atoms with van der Waals surface area (Å²) >= 11 is 0. The fourth-order valence-corrected chi connectivity index (χ4v) is 2.85. The van der Waals surface area contributed by atoms with Gasteiger partial charge in [-0.25, -0.2) is 4.39 Å². The van der Waals surface area contributed by atoms with Gasteiger partial charge in [0.05, 0.1) is 0 Å². The smallest absolute Gasteiger partial charge is 0.225 e. The Bertz CT molecular complexity index is 469. The molecule has 1 aliphatic heterocycles. The van der Waals surface area contributed by atoms with Crippen LogP contribution in [-0.4, -0.2) is 29.9 Å². The van der Waals surface area contributed by atoms with Gasteiger partial charge in [0, 0.05) is 25.0 Å². The lowest BCUT2D eigenvalue weighted by molar-refractivity contribution is -0.135. The van der Waals surface area contributed by atoms with E-state index in [1.165, 1.54) is 12.1 Å². The molecule has 1 saturated heterocycles. The van der Waals surface area contributed by atoms with E-state index in [0.29, 0.717) is 6.54 Å². The molecule has 2 unspecified atom stereocenters. The summed E-state index contributed by atoms with van der Waals surface area (Å²) in [5, 5.41) is 0. The number of carbonyl (C=O) groups is 1. The van der Waals surface area contributed by atoms with Crippen molar-refractivity contribution in [1.29, 1.82) is 0 Å². The van der Waals surface area contributed by atoms with Crippen LogP contribution in [0, 0.1) is 11.7 Å². The van der Waals surface area contributed by atoms with E-state index >= 15 is 0 Å². The van der Waals surface area contributed by atoms with Crippen molar-refractivity contribution in [2.45, 2.75) is 38.6 Å². The Labute approximate surface area is 132 Å². The minimum Gasteiger partial charge on any atom is -0.338 e. The van der Waals surface area contributed by atoms with Crippen molar-refractivity contribution < 1.29 is 9.18 Å². The first-order valence-corrected chi connectivity index (χ1v) is 7.37. The van der Waals surface area contributed by atoms with Gasteiger partial charge in [0.1, 0.15) is 5.82 Å². The predicted octanol–water partition coefficient (Wildman–Crippen LogP) is 2.77. The summed E-state index contributed by atoms with van der Waals surface area (Å²) in [5.41, 5.74) is 6.65.